The number of nitrogens with zero attached hydrogens (tertiary/aromatic N) is 4. The van der Waals surface area contributed by atoms with Crippen LogP contribution in [0, 0.1) is 0 Å². The highest BCUT2D eigenvalue weighted by atomic mass is 32.1. The van der Waals surface area contributed by atoms with Gasteiger partial charge in [-0.25, -0.2) is 46.0 Å². The molecule has 0 bridgehead atoms. The number of hydrazone groups is 1. The fourth-order valence-corrected chi connectivity index (χ4v) is 10.2. The average molecular weight is 1200 g/mol. The molecule has 9 aromatic rings. The molecule has 0 aliphatic heterocycles. The van der Waals surface area contributed by atoms with Gasteiger partial charge in [0.25, 0.3) is 0 Å². The predicted molar refractivity (Wildman–Crippen MR) is 342 cm³/mol. The average Bonchev–Trinajstić information content (AvgIpc) is 4.23. The van der Waals surface area contributed by atoms with Crippen LogP contribution in [0.15, 0.2) is 185 Å². The normalized spacial score (nSPS) is 11.1. The largest absolute Gasteiger partial charge is 0.444 e. The van der Waals surface area contributed by atoms with Crippen molar-refractivity contribution in [3.8, 4) is 31.7 Å². The van der Waals surface area contributed by atoms with E-state index in [1.807, 2.05) is 157 Å². The molecule has 85 heavy (non-hydrogen) atoms. The molecular weight excluding hydrogens is 1130 g/mol. The number of hydrogen-bond acceptors (Lipinski definition) is 16. The summed E-state index contributed by atoms with van der Waals surface area (Å²) >= 11 is 4.95. The molecule has 6 aromatic carbocycles. The van der Waals surface area contributed by atoms with E-state index in [0.29, 0.717) is 12.1 Å². The lowest BCUT2D eigenvalue weighted by atomic mass is 9.93. The highest BCUT2D eigenvalue weighted by Gasteiger charge is 2.20. The van der Waals surface area contributed by atoms with Crippen molar-refractivity contribution < 1.29 is 33.4 Å². The summed E-state index contributed by atoms with van der Waals surface area (Å²) in [6.07, 6.45) is 0.716. The van der Waals surface area contributed by atoms with Gasteiger partial charge in [-0.2, -0.15) is 5.10 Å². The van der Waals surface area contributed by atoms with Crippen LogP contribution < -0.4 is 27.5 Å². The number of aromatic nitrogens is 3. The molecule has 3 heterocycles. The number of carbonyl (C=O) groups excluding carboxylic acids is 4. The third-order valence-electron chi connectivity index (χ3n) is 12.1. The standard InChI is InChI=1S/C22H25N3O2S.C22H23N3O2S.C14H15NOS.C8H10N2O2/c2*1-22(2,3)19-15-28-20(24-19)18-11-9-16(10-12-18)13-23-25-21(26)27-14-17-7-5-4-6-8-17;1-14(2,3)12-9-17-13(15-12)11-6-4-10(8-16)5-7-11;9-10-8(11)12-6-7-4-2-1-3-5-7/h4-12,15,23H,13-14H2,1-3H3,(H,25,26);4-13,15H,14H2,1-3H3,(H,25,26);4-9H,1-3H3;1-5H,6,9H2,(H,10,11)/b;23-13-;;. The molecule has 3 amide bonds. The number of nitrogens with two attached hydrogens (primary N) is 1. The van der Waals surface area contributed by atoms with Crippen molar-refractivity contribution in [1.29, 1.82) is 0 Å². The first-order valence-electron chi connectivity index (χ1n) is 27.2. The van der Waals surface area contributed by atoms with Crippen molar-refractivity contribution in [2.75, 3.05) is 0 Å². The fourth-order valence-electron chi connectivity index (χ4n) is 7.09. The van der Waals surface area contributed by atoms with Crippen molar-refractivity contribution in [2.45, 2.75) is 105 Å². The molecule has 0 unspecified atom stereocenters. The van der Waals surface area contributed by atoms with Gasteiger partial charge in [-0.05, 0) is 27.8 Å². The number of thiazole rings is 3. The van der Waals surface area contributed by atoms with Gasteiger partial charge in [0.2, 0.25) is 0 Å². The second kappa shape index (κ2) is 32.4. The van der Waals surface area contributed by atoms with Crippen molar-refractivity contribution in [2.24, 2.45) is 10.9 Å². The lowest BCUT2D eigenvalue weighted by Crippen LogP contribution is -2.37. The van der Waals surface area contributed by atoms with E-state index < -0.39 is 18.3 Å². The Balaban J connectivity index is 0.000000191. The first-order valence-corrected chi connectivity index (χ1v) is 29.8. The first-order chi connectivity index (χ1) is 40.7. The molecule has 0 atom stereocenters. The predicted octanol–water partition coefficient (Wildman–Crippen LogP) is 15.1. The zero-order valence-electron chi connectivity index (χ0n) is 49.3. The number of carbonyl (C=O) groups is 4. The van der Waals surface area contributed by atoms with E-state index in [2.05, 4.69) is 117 Å². The van der Waals surface area contributed by atoms with E-state index in [-0.39, 0.29) is 36.1 Å². The molecular formula is C66H73N9O7S3. The Morgan fingerprint density at radius 2 is 0.824 bits per heavy atom. The third kappa shape index (κ3) is 22.8. The third-order valence-corrected chi connectivity index (χ3v) is 14.8. The van der Waals surface area contributed by atoms with Crippen molar-refractivity contribution in [3.63, 3.8) is 0 Å². The number of hydrogen-bond donors (Lipinski definition) is 5. The van der Waals surface area contributed by atoms with Crippen LogP contribution in [0.4, 0.5) is 14.4 Å². The zero-order chi connectivity index (χ0) is 61.2. The van der Waals surface area contributed by atoms with Crippen molar-refractivity contribution in [1.82, 2.24) is 36.7 Å². The molecule has 0 spiro atoms. The van der Waals surface area contributed by atoms with E-state index in [0.717, 1.165) is 82.9 Å². The quantitative estimate of drug-likeness (QED) is 0.0162. The van der Waals surface area contributed by atoms with Gasteiger partial charge in [-0.1, -0.05) is 226 Å². The summed E-state index contributed by atoms with van der Waals surface area (Å²) in [7, 11) is 0. The van der Waals surface area contributed by atoms with Crippen LogP contribution in [0.2, 0.25) is 0 Å². The molecule has 0 aliphatic carbocycles. The summed E-state index contributed by atoms with van der Waals surface area (Å²) in [5.74, 6) is 4.81. The highest BCUT2D eigenvalue weighted by Crippen LogP contribution is 2.32. The van der Waals surface area contributed by atoms with Crippen molar-refractivity contribution >= 4 is 64.8 Å². The van der Waals surface area contributed by atoms with Gasteiger partial charge in [0.05, 0.1) is 23.3 Å². The Bertz CT molecular complexity index is 3500. The van der Waals surface area contributed by atoms with Gasteiger partial charge < -0.3 is 14.2 Å². The SMILES string of the molecule is CC(C)(C)c1csc(-c2ccc(/C=N\NC(=O)OCc3ccccc3)cc2)n1.CC(C)(C)c1csc(-c2ccc(C=O)cc2)n1.CC(C)(C)c1csc(-c2ccc(CNNC(=O)OCc3ccccc3)cc2)n1.NNC(=O)OCc1ccccc1. The van der Waals surface area contributed by atoms with Gasteiger partial charge in [0.15, 0.2) is 0 Å². The van der Waals surface area contributed by atoms with E-state index in [4.69, 9.17) is 30.0 Å². The number of nitrogens with one attached hydrogen (secondary N) is 4. The lowest BCUT2D eigenvalue weighted by Gasteiger charge is -2.14. The highest BCUT2D eigenvalue weighted by molar-refractivity contribution is 7.13. The van der Waals surface area contributed by atoms with Gasteiger partial charge in [0.1, 0.15) is 41.1 Å². The Labute approximate surface area is 509 Å². The minimum Gasteiger partial charge on any atom is -0.444 e. The maximum atomic E-state index is 11.7. The second-order valence-electron chi connectivity index (χ2n) is 22.1. The zero-order valence-corrected chi connectivity index (χ0v) is 51.7. The van der Waals surface area contributed by atoms with Gasteiger partial charge in [-0.3, -0.25) is 15.6 Å². The van der Waals surface area contributed by atoms with E-state index in [9.17, 15) is 19.2 Å². The lowest BCUT2D eigenvalue weighted by molar-refractivity contribution is 0.112. The fraction of sp³-hybridized carbons (Fsp3) is 0.242. The summed E-state index contributed by atoms with van der Waals surface area (Å²) in [5.41, 5.74) is 21.8. The van der Waals surface area contributed by atoms with Gasteiger partial charge >= 0.3 is 18.3 Å². The summed E-state index contributed by atoms with van der Waals surface area (Å²) in [6.45, 7) is 20.6. The number of benzene rings is 6. The molecule has 3 aromatic heterocycles. The Morgan fingerprint density at radius 1 is 0.471 bits per heavy atom. The Kier molecular flexibility index (Phi) is 24.9. The maximum Gasteiger partial charge on any atom is 0.428 e. The molecule has 0 saturated carbocycles. The topological polar surface area (TPSA) is 221 Å². The molecule has 0 fully saturated rings. The van der Waals surface area contributed by atoms with Crippen LogP contribution in [0.3, 0.4) is 0 Å². The van der Waals surface area contributed by atoms with Crippen molar-refractivity contribution in [3.05, 3.63) is 230 Å². The van der Waals surface area contributed by atoms with Crippen LogP contribution in [0.5, 0.6) is 0 Å². The summed E-state index contributed by atoms with van der Waals surface area (Å²) in [4.78, 5) is 58.6. The summed E-state index contributed by atoms with van der Waals surface area (Å²) in [6, 6.07) is 52.0. The van der Waals surface area contributed by atoms with E-state index in [1.54, 1.807) is 40.2 Å². The molecule has 9 rings (SSSR count). The van der Waals surface area contributed by atoms with E-state index >= 15 is 0 Å². The summed E-state index contributed by atoms with van der Waals surface area (Å²) < 4.78 is 15.0. The molecule has 19 heteroatoms. The van der Waals surface area contributed by atoms with Gasteiger partial charge in [-0.15, -0.1) is 34.0 Å². The number of hydrazine groups is 2. The molecule has 0 saturated heterocycles. The number of amides is 3. The smallest absolute Gasteiger partial charge is 0.428 e. The molecule has 6 N–H and O–H groups in total. The summed E-state index contributed by atoms with van der Waals surface area (Å²) in [5, 5.41) is 13.3. The monoisotopic (exact) mass is 1200 g/mol. The van der Waals surface area contributed by atoms with Crippen LogP contribution in [0.25, 0.3) is 31.7 Å². The van der Waals surface area contributed by atoms with Crippen LogP contribution in [-0.4, -0.2) is 45.7 Å². The van der Waals surface area contributed by atoms with Crippen LogP contribution >= 0.6 is 34.0 Å². The van der Waals surface area contributed by atoms with E-state index in [1.165, 1.54) is 0 Å². The number of ether oxygens (including phenoxy) is 3. The Hall–Kier alpha value is -8.72. The molecule has 16 nitrogen and oxygen atoms in total. The van der Waals surface area contributed by atoms with Gasteiger partial charge in [0, 0.05) is 61.2 Å². The number of rotatable bonds is 15. The molecule has 442 valence electrons. The molecule has 0 aliphatic rings. The number of aldehydes is 1. The minimum atomic E-state index is -0.626. The maximum absolute atomic E-state index is 11.7. The van der Waals surface area contributed by atoms with Crippen LogP contribution in [-0.2, 0) is 56.8 Å². The first kappa shape index (κ1) is 65.4. The van der Waals surface area contributed by atoms with Crippen LogP contribution in [0.1, 0.15) is 118 Å². The second-order valence-corrected chi connectivity index (χ2v) is 24.7. The Morgan fingerprint density at radius 3 is 1.18 bits per heavy atom. The molecule has 0 radical (unpaired) electrons. The minimum absolute atomic E-state index is 0.0438.